The van der Waals surface area contributed by atoms with Crippen LogP contribution in [0.15, 0.2) is 18.2 Å². The fourth-order valence-electron chi connectivity index (χ4n) is 1.23. The highest BCUT2D eigenvalue weighted by Gasteiger charge is 2.37. The summed E-state index contributed by atoms with van der Waals surface area (Å²) in [4.78, 5) is 0. The first-order valence-corrected chi connectivity index (χ1v) is 5.42. The summed E-state index contributed by atoms with van der Waals surface area (Å²) < 4.78 is 36.6. The van der Waals surface area contributed by atoms with Crippen LogP contribution in [-0.2, 0) is 0 Å². The molecule has 0 spiro atoms. The maximum atomic E-state index is 12.2. The van der Waals surface area contributed by atoms with E-state index in [1.54, 1.807) is 0 Å². The number of aliphatic hydroxyl groups excluding tert-OH is 1. The highest BCUT2D eigenvalue weighted by Crippen LogP contribution is 2.30. The van der Waals surface area contributed by atoms with Gasteiger partial charge in [0.05, 0.1) is 16.1 Å². The fraction of sp³-hybridized carbons (Fsp3) is 0.400. The molecule has 0 aliphatic heterocycles. The average molecular weight is 288 g/mol. The van der Waals surface area contributed by atoms with Crippen molar-refractivity contribution in [2.24, 2.45) is 5.73 Å². The second-order valence-electron chi connectivity index (χ2n) is 3.57. The molecule has 96 valence electrons. The van der Waals surface area contributed by atoms with Crippen molar-refractivity contribution in [3.8, 4) is 0 Å². The van der Waals surface area contributed by atoms with E-state index in [1.165, 1.54) is 18.2 Å². The summed E-state index contributed by atoms with van der Waals surface area (Å²) in [5, 5.41) is 10.0. The largest absolute Gasteiger partial charge is 0.403 e. The summed E-state index contributed by atoms with van der Waals surface area (Å²) in [5.41, 5.74) is 5.16. The van der Waals surface area contributed by atoms with Gasteiger partial charge in [0, 0.05) is 6.42 Å². The highest BCUT2D eigenvalue weighted by molar-refractivity contribution is 6.42. The van der Waals surface area contributed by atoms with Crippen LogP contribution in [0.3, 0.4) is 0 Å². The zero-order chi connectivity index (χ0) is 13.2. The lowest BCUT2D eigenvalue weighted by Gasteiger charge is -2.19. The summed E-state index contributed by atoms with van der Waals surface area (Å²) in [6.45, 7) is 0. The third kappa shape index (κ3) is 4.03. The van der Waals surface area contributed by atoms with Gasteiger partial charge in [-0.1, -0.05) is 29.3 Å². The van der Waals surface area contributed by atoms with Gasteiger partial charge >= 0.3 is 6.18 Å². The van der Waals surface area contributed by atoms with Crippen LogP contribution in [0.25, 0.3) is 0 Å². The Kier molecular flexibility index (Phi) is 4.66. The van der Waals surface area contributed by atoms with Crippen molar-refractivity contribution >= 4 is 23.2 Å². The second kappa shape index (κ2) is 5.44. The Hall–Kier alpha value is -0.490. The van der Waals surface area contributed by atoms with Gasteiger partial charge in [0.2, 0.25) is 0 Å². The standard InChI is InChI=1S/C10H10Cl2F3NO/c11-6-2-1-5(3-7(6)12)8(17)4-9(16)10(13,14)15/h1-3,8-9,17H,4,16H2/t8-,9-/m0/s1. The molecule has 0 radical (unpaired) electrons. The molecule has 0 bridgehead atoms. The van der Waals surface area contributed by atoms with Crippen molar-refractivity contribution in [1.82, 2.24) is 0 Å². The van der Waals surface area contributed by atoms with E-state index >= 15 is 0 Å². The molecular formula is C10H10Cl2F3NO. The molecule has 0 heterocycles. The number of halogens is 5. The van der Waals surface area contributed by atoms with Gasteiger partial charge in [-0.15, -0.1) is 0 Å². The number of alkyl halides is 3. The van der Waals surface area contributed by atoms with Gasteiger partial charge in [-0.25, -0.2) is 0 Å². The Balaban J connectivity index is 2.76. The number of nitrogens with two attached hydrogens (primary N) is 1. The SMILES string of the molecule is N[C@@H](C[C@H](O)c1ccc(Cl)c(Cl)c1)C(F)(F)F. The summed E-state index contributed by atoms with van der Waals surface area (Å²) in [6.07, 6.45) is -6.49. The van der Waals surface area contributed by atoms with Crippen LogP contribution < -0.4 is 5.73 Å². The van der Waals surface area contributed by atoms with Crippen molar-refractivity contribution in [3.63, 3.8) is 0 Å². The lowest BCUT2D eigenvalue weighted by atomic mass is 10.0. The maximum Gasteiger partial charge on any atom is 0.403 e. The number of aliphatic hydroxyl groups is 1. The third-order valence-electron chi connectivity index (χ3n) is 2.23. The van der Waals surface area contributed by atoms with Crippen LogP contribution in [0.4, 0.5) is 13.2 Å². The lowest BCUT2D eigenvalue weighted by molar-refractivity contribution is -0.153. The van der Waals surface area contributed by atoms with E-state index in [0.29, 0.717) is 0 Å². The zero-order valence-electron chi connectivity index (χ0n) is 8.51. The lowest BCUT2D eigenvalue weighted by Crippen LogP contribution is -2.38. The van der Waals surface area contributed by atoms with Crippen molar-refractivity contribution in [3.05, 3.63) is 33.8 Å². The van der Waals surface area contributed by atoms with E-state index < -0.39 is 24.7 Å². The van der Waals surface area contributed by atoms with Gasteiger partial charge in [0.1, 0.15) is 6.04 Å². The Morgan fingerprint density at radius 2 is 1.82 bits per heavy atom. The Morgan fingerprint density at radius 3 is 2.29 bits per heavy atom. The molecule has 17 heavy (non-hydrogen) atoms. The topological polar surface area (TPSA) is 46.2 Å². The molecule has 0 aliphatic carbocycles. The van der Waals surface area contributed by atoms with E-state index in [4.69, 9.17) is 28.9 Å². The Bertz CT molecular complexity index is 398. The van der Waals surface area contributed by atoms with Gasteiger partial charge < -0.3 is 10.8 Å². The first-order chi connectivity index (χ1) is 7.71. The van der Waals surface area contributed by atoms with E-state index in [0.717, 1.165) is 0 Å². The molecular weight excluding hydrogens is 278 g/mol. The normalized spacial score (nSPS) is 15.7. The molecule has 0 fully saturated rings. The minimum Gasteiger partial charge on any atom is -0.388 e. The minimum atomic E-state index is -4.53. The van der Waals surface area contributed by atoms with Crippen LogP contribution in [0.2, 0.25) is 10.0 Å². The molecule has 3 N–H and O–H groups in total. The quantitative estimate of drug-likeness (QED) is 0.896. The molecule has 2 atom stereocenters. The monoisotopic (exact) mass is 287 g/mol. The molecule has 0 saturated carbocycles. The van der Waals surface area contributed by atoms with Crippen LogP contribution >= 0.6 is 23.2 Å². The van der Waals surface area contributed by atoms with Gasteiger partial charge in [0.25, 0.3) is 0 Å². The summed E-state index contributed by atoms with van der Waals surface area (Å²) in [5.74, 6) is 0. The van der Waals surface area contributed by atoms with Gasteiger partial charge in [0.15, 0.2) is 0 Å². The second-order valence-corrected chi connectivity index (χ2v) is 4.39. The molecule has 0 saturated heterocycles. The van der Waals surface area contributed by atoms with Gasteiger partial charge in [-0.2, -0.15) is 13.2 Å². The van der Waals surface area contributed by atoms with E-state index in [9.17, 15) is 18.3 Å². The number of hydrogen-bond donors (Lipinski definition) is 2. The van der Waals surface area contributed by atoms with Crippen LogP contribution in [0, 0.1) is 0 Å². The van der Waals surface area contributed by atoms with Gasteiger partial charge in [-0.05, 0) is 17.7 Å². The molecule has 0 aromatic heterocycles. The third-order valence-corrected chi connectivity index (χ3v) is 2.97. The highest BCUT2D eigenvalue weighted by atomic mass is 35.5. The van der Waals surface area contributed by atoms with Crippen LogP contribution in [0.5, 0.6) is 0 Å². The number of rotatable bonds is 3. The summed E-state index contributed by atoms with van der Waals surface area (Å²) in [7, 11) is 0. The van der Waals surface area contributed by atoms with E-state index in [-0.39, 0.29) is 15.6 Å². The maximum absolute atomic E-state index is 12.2. The first-order valence-electron chi connectivity index (χ1n) is 4.67. The van der Waals surface area contributed by atoms with E-state index in [2.05, 4.69) is 0 Å². The summed E-state index contributed by atoms with van der Waals surface area (Å²) in [6, 6.07) is 2.05. The zero-order valence-corrected chi connectivity index (χ0v) is 10.0. The smallest absolute Gasteiger partial charge is 0.388 e. The predicted molar refractivity (Wildman–Crippen MR) is 60.1 cm³/mol. The van der Waals surface area contributed by atoms with Gasteiger partial charge in [-0.3, -0.25) is 0 Å². The molecule has 1 rings (SSSR count). The van der Waals surface area contributed by atoms with Crippen molar-refractivity contribution < 1.29 is 18.3 Å². The van der Waals surface area contributed by atoms with Crippen molar-refractivity contribution in [2.75, 3.05) is 0 Å². The molecule has 0 unspecified atom stereocenters. The molecule has 7 heteroatoms. The molecule has 1 aromatic rings. The molecule has 0 aliphatic rings. The Labute approximate surface area is 106 Å². The van der Waals surface area contributed by atoms with Crippen LogP contribution in [0.1, 0.15) is 18.1 Å². The van der Waals surface area contributed by atoms with Crippen molar-refractivity contribution in [1.29, 1.82) is 0 Å². The molecule has 0 amide bonds. The Morgan fingerprint density at radius 1 is 1.24 bits per heavy atom. The fourth-order valence-corrected chi connectivity index (χ4v) is 1.54. The molecule has 2 nitrogen and oxygen atoms in total. The molecule has 1 aromatic carbocycles. The first kappa shape index (κ1) is 14.6. The van der Waals surface area contributed by atoms with E-state index in [1.807, 2.05) is 0 Å². The predicted octanol–water partition coefficient (Wildman–Crippen LogP) is 3.31. The summed E-state index contributed by atoms with van der Waals surface area (Å²) >= 11 is 11.3. The van der Waals surface area contributed by atoms with Crippen LogP contribution in [-0.4, -0.2) is 17.3 Å². The average Bonchev–Trinajstić information content (AvgIpc) is 2.20. The number of benzene rings is 1. The van der Waals surface area contributed by atoms with Crippen molar-refractivity contribution in [2.45, 2.75) is 24.7 Å². The minimum absolute atomic E-state index is 0.170. The number of hydrogen-bond acceptors (Lipinski definition) is 2.